The van der Waals surface area contributed by atoms with Gasteiger partial charge in [-0.05, 0) is 43.2 Å². The fourth-order valence-corrected chi connectivity index (χ4v) is 4.91. The van der Waals surface area contributed by atoms with Crippen molar-refractivity contribution in [3.8, 4) is 22.8 Å². The highest BCUT2D eigenvalue weighted by molar-refractivity contribution is 7.07. The number of rotatable bonds is 4. The minimum atomic E-state index is -0.0496. The minimum absolute atomic E-state index is 0.00513. The molecule has 0 saturated heterocycles. The second-order valence-electron chi connectivity index (χ2n) is 7.25. The van der Waals surface area contributed by atoms with Crippen molar-refractivity contribution >= 4 is 40.8 Å². The van der Waals surface area contributed by atoms with Crippen molar-refractivity contribution in [1.29, 1.82) is 0 Å². The lowest BCUT2D eigenvalue weighted by Gasteiger charge is -2.16. The fourth-order valence-electron chi connectivity index (χ4n) is 3.51. The average molecular weight is 462 g/mol. The van der Waals surface area contributed by atoms with Gasteiger partial charge in [0.1, 0.15) is 11.5 Å². The third-order valence-electron chi connectivity index (χ3n) is 5.09. The predicted molar refractivity (Wildman–Crippen MR) is 123 cm³/mol. The maximum atomic E-state index is 10.1. The molecule has 0 unspecified atom stereocenters. The Morgan fingerprint density at radius 3 is 2.57 bits per heavy atom. The second kappa shape index (κ2) is 9.25. The molecule has 1 heterocycles. The maximum absolute atomic E-state index is 10.1. The molecule has 2 aromatic carbocycles. The molecule has 1 aliphatic rings. The SMILES string of the molecule is Oc1ccc(C=Nn2c(-c3ccc(Cl)cc3Cl)csc2=NC2CCCCC2)c(O)c1. The van der Waals surface area contributed by atoms with Crippen LogP contribution in [0.1, 0.15) is 37.7 Å². The highest BCUT2D eigenvalue weighted by Crippen LogP contribution is 2.31. The van der Waals surface area contributed by atoms with Gasteiger partial charge in [-0.2, -0.15) is 5.10 Å². The van der Waals surface area contributed by atoms with Gasteiger partial charge in [0.15, 0.2) is 0 Å². The molecule has 0 bridgehead atoms. The van der Waals surface area contributed by atoms with Gasteiger partial charge in [0.2, 0.25) is 4.80 Å². The Labute approximate surface area is 188 Å². The van der Waals surface area contributed by atoms with Crippen molar-refractivity contribution < 1.29 is 10.2 Å². The quantitative estimate of drug-likeness (QED) is 0.464. The third-order valence-corrected chi connectivity index (χ3v) is 6.46. The number of phenols is 2. The molecule has 1 fully saturated rings. The first-order valence-electron chi connectivity index (χ1n) is 9.77. The van der Waals surface area contributed by atoms with Crippen LogP contribution in [0.4, 0.5) is 0 Å². The molecule has 4 rings (SSSR count). The van der Waals surface area contributed by atoms with Crippen LogP contribution in [0.25, 0.3) is 11.3 Å². The summed E-state index contributed by atoms with van der Waals surface area (Å²) in [5.74, 6) is -0.0547. The van der Waals surface area contributed by atoms with Crippen molar-refractivity contribution in [3.63, 3.8) is 0 Å². The first-order valence-corrected chi connectivity index (χ1v) is 11.4. The van der Waals surface area contributed by atoms with Crippen molar-refractivity contribution in [2.24, 2.45) is 10.1 Å². The van der Waals surface area contributed by atoms with E-state index in [-0.39, 0.29) is 17.5 Å². The van der Waals surface area contributed by atoms with E-state index in [2.05, 4.69) is 5.10 Å². The normalized spacial score (nSPS) is 15.9. The topological polar surface area (TPSA) is 70.1 Å². The van der Waals surface area contributed by atoms with Gasteiger partial charge < -0.3 is 10.2 Å². The standard InChI is InChI=1S/C22H21Cl2N3O2S/c23-15-7-9-18(19(24)10-15)20-13-30-22(26-16-4-2-1-3-5-16)27(20)25-12-14-6-8-17(28)11-21(14)29/h6-13,16,28-29H,1-5H2. The smallest absolute Gasteiger partial charge is 0.206 e. The molecule has 0 spiro atoms. The highest BCUT2D eigenvalue weighted by Gasteiger charge is 2.15. The van der Waals surface area contributed by atoms with E-state index in [1.807, 2.05) is 11.4 Å². The van der Waals surface area contributed by atoms with Crippen LogP contribution in [0.3, 0.4) is 0 Å². The van der Waals surface area contributed by atoms with Crippen LogP contribution < -0.4 is 4.80 Å². The number of hydrogen-bond acceptors (Lipinski definition) is 5. The Balaban J connectivity index is 1.81. The zero-order chi connectivity index (χ0) is 21.1. The Bertz CT molecular complexity index is 1150. The summed E-state index contributed by atoms with van der Waals surface area (Å²) in [6, 6.07) is 10.0. The molecule has 1 saturated carbocycles. The molecule has 2 N–H and O–H groups in total. The summed E-state index contributed by atoms with van der Waals surface area (Å²) in [5, 5.41) is 27.3. The largest absolute Gasteiger partial charge is 0.508 e. The molecule has 0 amide bonds. The molecule has 30 heavy (non-hydrogen) atoms. The lowest BCUT2D eigenvalue weighted by molar-refractivity contribution is 0.435. The Morgan fingerprint density at radius 2 is 1.83 bits per heavy atom. The molecule has 0 aliphatic heterocycles. The van der Waals surface area contributed by atoms with Crippen molar-refractivity contribution in [2.75, 3.05) is 0 Å². The number of aromatic hydroxyl groups is 2. The van der Waals surface area contributed by atoms with Crippen LogP contribution in [-0.4, -0.2) is 27.1 Å². The Hall–Kier alpha value is -2.28. The van der Waals surface area contributed by atoms with Crippen molar-refractivity contribution in [1.82, 2.24) is 4.68 Å². The molecule has 1 aromatic heterocycles. The predicted octanol–water partition coefficient (Wildman–Crippen LogP) is 6.05. The molecule has 0 atom stereocenters. The number of phenolic OH excluding ortho intramolecular Hbond substituents is 2. The molecule has 3 aromatic rings. The van der Waals surface area contributed by atoms with E-state index in [1.54, 1.807) is 29.1 Å². The Morgan fingerprint density at radius 1 is 1.03 bits per heavy atom. The van der Waals surface area contributed by atoms with E-state index in [0.717, 1.165) is 28.9 Å². The first-order chi connectivity index (χ1) is 14.5. The van der Waals surface area contributed by atoms with E-state index >= 15 is 0 Å². The molecule has 8 heteroatoms. The number of thiazole rings is 1. The van der Waals surface area contributed by atoms with Gasteiger partial charge in [0, 0.05) is 27.6 Å². The third kappa shape index (κ3) is 4.72. The van der Waals surface area contributed by atoms with Gasteiger partial charge in [-0.25, -0.2) is 4.68 Å². The summed E-state index contributed by atoms with van der Waals surface area (Å²) in [6.07, 6.45) is 7.37. The number of benzene rings is 2. The lowest BCUT2D eigenvalue weighted by atomic mass is 9.96. The van der Waals surface area contributed by atoms with Gasteiger partial charge in [-0.1, -0.05) is 42.5 Å². The van der Waals surface area contributed by atoms with E-state index < -0.39 is 0 Å². The minimum Gasteiger partial charge on any atom is -0.508 e. The summed E-state index contributed by atoms with van der Waals surface area (Å²) in [4.78, 5) is 5.73. The molecular formula is C22H21Cl2N3O2S. The van der Waals surface area contributed by atoms with Crippen molar-refractivity contribution in [2.45, 2.75) is 38.1 Å². The van der Waals surface area contributed by atoms with E-state index in [9.17, 15) is 10.2 Å². The summed E-state index contributed by atoms with van der Waals surface area (Å²) in [6.45, 7) is 0. The van der Waals surface area contributed by atoms with E-state index in [1.165, 1.54) is 42.7 Å². The molecule has 0 radical (unpaired) electrons. The molecule has 1 aliphatic carbocycles. The zero-order valence-corrected chi connectivity index (χ0v) is 18.5. The van der Waals surface area contributed by atoms with Crippen molar-refractivity contribution in [3.05, 3.63) is 62.2 Å². The van der Waals surface area contributed by atoms with E-state index in [0.29, 0.717) is 15.6 Å². The zero-order valence-electron chi connectivity index (χ0n) is 16.1. The van der Waals surface area contributed by atoms with Crippen LogP contribution in [0.15, 0.2) is 51.9 Å². The van der Waals surface area contributed by atoms with E-state index in [4.69, 9.17) is 28.2 Å². The van der Waals surface area contributed by atoms with Gasteiger partial charge in [-0.3, -0.25) is 4.99 Å². The van der Waals surface area contributed by atoms with Gasteiger partial charge in [0.05, 0.1) is 23.0 Å². The first kappa shape index (κ1) is 21.0. The maximum Gasteiger partial charge on any atom is 0.206 e. The van der Waals surface area contributed by atoms with Gasteiger partial charge >= 0.3 is 0 Å². The summed E-state index contributed by atoms with van der Waals surface area (Å²) >= 11 is 14.0. The fraction of sp³-hybridized carbons (Fsp3) is 0.273. The number of halogens is 2. The second-order valence-corrected chi connectivity index (χ2v) is 8.93. The van der Waals surface area contributed by atoms with Crippen LogP contribution in [0, 0.1) is 0 Å². The average Bonchev–Trinajstić information content (AvgIpc) is 3.10. The highest BCUT2D eigenvalue weighted by atomic mass is 35.5. The number of nitrogens with zero attached hydrogens (tertiary/aromatic N) is 3. The van der Waals surface area contributed by atoms with Crippen LogP contribution in [0.2, 0.25) is 10.0 Å². The monoisotopic (exact) mass is 461 g/mol. The summed E-state index contributed by atoms with van der Waals surface area (Å²) in [5.41, 5.74) is 2.09. The summed E-state index contributed by atoms with van der Waals surface area (Å²) < 4.78 is 1.75. The van der Waals surface area contributed by atoms with Crippen LogP contribution in [-0.2, 0) is 0 Å². The van der Waals surface area contributed by atoms with Gasteiger partial charge in [0.25, 0.3) is 0 Å². The molecule has 5 nitrogen and oxygen atoms in total. The van der Waals surface area contributed by atoms with Crippen LogP contribution in [0.5, 0.6) is 11.5 Å². The molecular weight excluding hydrogens is 441 g/mol. The number of hydrogen-bond donors (Lipinski definition) is 2. The summed E-state index contributed by atoms with van der Waals surface area (Å²) in [7, 11) is 0. The van der Waals surface area contributed by atoms with Gasteiger partial charge in [-0.15, -0.1) is 11.3 Å². The molecule has 156 valence electrons. The Kier molecular flexibility index (Phi) is 6.46. The lowest BCUT2D eigenvalue weighted by Crippen LogP contribution is -2.19. The number of aromatic nitrogens is 1. The van der Waals surface area contributed by atoms with Crippen LogP contribution >= 0.6 is 34.5 Å².